The lowest BCUT2D eigenvalue weighted by atomic mass is 9.96. The van der Waals surface area contributed by atoms with E-state index < -0.39 is 0 Å². The van der Waals surface area contributed by atoms with Crippen LogP contribution in [-0.2, 0) is 11.2 Å². The molecule has 0 amide bonds. The summed E-state index contributed by atoms with van der Waals surface area (Å²) in [6.45, 7) is 6.31. The average Bonchev–Trinajstić information content (AvgIpc) is 3.22. The normalized spacial score (nSPS) is 15.6. The van der Waals surface area contributed by atoms with Crippen molar-refractivity contribution in [1.82, 2.24) is 25.3 Å². The van der Waals surface area contributed by atoms with Gasteiger partial charge in [-0.05, 0) is 44.2 Å². The van der Waals surface area contributed by atoms with Crippen molar-refractivity contribution in [3.05, 3.63) is 30.2 Å². The van der Waals surface area contributed by atoms with E-state index in [9.17, 15) is 0 Å². The molecule has 3 heterocycles. The Morgan fingerprint density at radius 3 is 2.93 bits per heavy atom. The molecular formula is C20H30N6O2. The lowest BCUT2D eigenvalue weighted by Gasteiger charge is -2.26. The molecule has 2 aromatic heterocycles. The van der Waals surface area contributed by atoms with Crippen LogP contribution < -0.4 is 5.32 Å². The molecule has 1 N–H and O–H groups in total. The number of aromatic nitrogens is 3. The summed E-state index contributed by atoms with van der Waals surface area (Å²) in [7, 11) is 2.09. The van der Waals surface area contributed by atoms with Gasteiger partial charge in [-0.2, -0.15) is 4.98 Å². The van der Waals surface area contributed by atoms with Crippen molar-refractivity contribution in [2.45, 2.75) is 32.6 Å². The second-order valence-corrected chi connectivity index (χ2v) is 6.98. The van der Waals surface area contributed by atoms with Gasteiger partial charge in [0.15, 0.2) is 11.8 Å². The topological polar surface area (TPSA) is 88.7 Å². The van der Waals surface area contributed by atoms with E-state index in [0.29, 0.717) is 30.4 Å². The van der Waals surface area contributed by atoms with Crippen LogP contribution in [-0.4, -0.2) is 65.9 Å². The van der Waals surface area contributed by atoms with Gasteiger partial charge < -0.3 is 19.5 Å². The largest absolute Gasteiger partial charge is 0.381 e. The fraction of sp³-hybridized carbons (Fsp3) is 0.600. The average molecular weight is 387 g/mol. The maximum absolute atomic E-state index is 5.44. The van der Waals surface area contributed by atoms with Crippen molar-refractivity contribution in [3.8, 4) is 11.6 Å². The van der Waals surface area contributed by atoms with Gasteiger partial charge in [0, 0.05) is 52.5 Å². The lowest BCUT2D eigenvalue weighted by molar-refractivity contribution is 0.0625. The van der Waals surface area contributed by atoms with Crippen molar-refractivity contribution in [3.63, 3.8) is 0 Å². The standard InChI is InChI=1S/C20H30N6O2/c1-3-21-20(26(2)13-8-16-9-14-27-15-10-16)23-12-7-18-24-19(28-25-18)17-6-4-5-11-22-17/h4-6,11,16H,3,7-10,12-15H2,1-2H3,(H,21,23). The second-order valence-electron chi connectivity index (χ2n) is 6.98. The summed E-state index contributed by atoms with van der Waals surface area (Å²) in [5, 5.41) is 7.40. The van der Waals surface area contributed by atoms with Gasteiger partial charge in [0.2, 0.25) is 0 Å². The minimum atomic E-state index is 0.445. The number of rotatable bonds is 8. The Kier molecular flexibility index (Phi) is 7.78. The smallest absolute Gasteiger partial charge is 0.276 e. The van der Waals surface area contributed by atoms with E-state index in [1.807, 2.05) is 18.2 Å². The molecule has 2 aromatic rings. The van der Waals surface area contributed by atoms with Gasteiger partial charge in [0.25, 0.3) is 5.89 Å². The van der Waals surface area contributed by atoms with Crippen LogP contribution in [0.15, 0.2) is 33.9 Å². The highest BCUT2D eigenvalue weighted by molar-refractivity contribution is 5.79. The molecule has 0 spiro atoms. The molecule has 8 nitrogen and oxygen atoms in total. The van der Waals surface area contributed by atoms with Gasteiger partial charge in [-0.15, -0.1) is 0 Å². The monoisotopic (exact) mass is 386 g/mol. The summed E-state index contributed by atoms with van der Waals surface area (Å²) in [5.74, 6) is 2.76. The third-order valence-corrected chi connectivity index (χ3v) is 4.86. The third-order valence-electron chi connectivity index (χ3n) is 4.86. The first-order valence-corrected chi connectivity index (χ1v) is 10.1. The Labute approximate surface area is 166 Å². The molecule has 0 bridgehead atoms. The number of pyridine rings is 1. The maximum atomic E-state index is 5.44. The van der Waals surface area contributed by atoms with Gasteiger partial charge in [-0.1, -0.05) is 11.2 Å². The number of guanidine groups is 1. The number of nitrogens with one attached hydrogen (secondary N) is 1. The molecule has 3 rings (SSSR count). The quantitative estimate of drug-likeness (QED) is 0.550. The molecule has 0 radical (unpaired) electrons. The lowest BCUT2D eigenvalue weighted by Crippen LogP contribution is -2.40. The van der Waals surface area contributed by atoms with Crippen LogP contribution >= 0.6 is 0 Å². The molecular weight excluding hydrogens is 356 g/mol. The highest BCUT2D eigenvalue weighted by Crippen LogP contribution is 2.18. The first-order valence-electron chi connectivity index (χ1n) is 10.1. The predicted octanol–water partition coefficient (Wildman–Crippen LogP) is 2.39. The van der Waals surface area contributed by atoms with E-state index in [1.165, 1.54) is 6.42 Å². The zero-order chi connectivity index (χ0) is 19.6. The highest BCUT2D eigenvalue weighted by Gasteiger charge is 2.15. The molecule has 1 aliphatic heterocycles. The van der Waals surface area contributed by atoms with Crippen LogP contribution in [0, 0.1) is 5.92 Å². The first kappa shape index (κ1) is 20.3. The van der Waals surface area contributed by atoms with E-state index in [-0.39, 0.29) is 0 Å². The zero-order valence-corrected chi connectivity index (χ0v) is 16.8. The summed E-state index contributed by atoms with van der Waals surface area (Å²) in [4.78, 5) is 15.6. The Balaban J connectivity index is 1.50. The van der Waals surface area contributed by atoms with Gasteiger partial charge in [0.1, 0.15) is 5.69 Å². The minimum Gasteiger partial charge on any atom is -0.381 e. The molecule has 1 aliphatic rings. The van der Waals surface area contributed by atoms with Crippen molar-refractivity contribution >= 4 is 5.96 Å². The minimum absolute atomic E-state index is 0.445. The van der Waals surface area contributed by atoms with Crippen LogP contribution in [0.3, 0.4) is 0 Å². The highest BCUT2D eigenvalue weighted by atomic mass is 16.5. The maximum Gasteiger partial charge on any atom is 0.276 e. The Morgan fingerprint density at radius 2 is 2.18 bits per heavy atom. The van der Waals surface area contributed by atoms with E-state index in [2.05, 4.69) is 39.3 Å². The fourth-order valence-corrected chi connectivity index (χ4v) is 3.20. The van der Waals surface area contributed by atoms with Crippen molar-refractivity contribution < 1.29 is 9.26 Å². The molecule has 8 heteroatoms. The van der Waals surface area contributed by atoms with Crippen LogP contribution in [0.25, 0.3) is 11.6 Å². The van der Waals surface area contributed by atoms with Crippen molar-refractivity contribution in [2.75, 3.05) is 39.9 Å². The third kappa shape index (κ3) is 6.02. The summed E-state index contributed by atoms with van der Waals surface area (Å²) < 4.78 is 10.7. The Hall–Kier alpha value is -2.48. The van der Waals surface area contributed by atoms with Crippen LogP contribution in [0.1, 0.15) is 32.0 Å². The van der Waals surface area contributed by atoms with Gasteiger partial charge in [-0.25, -0.2) is 0 Å². The Morgan fingerprint density at radius 1 is 1.32 bits per heavy atom. The number of aliphatic imine (C=N–C) groups is 1. The molecule has 28 heavy (non-hydrogen) atoms. The van der Waals surface area contributed by atoms with Crippen molar-refractivity contribution in [2.24, 2.45) is 10.9 Å². The van der Waals surface area contributed by atoms with E-state index in [0.717, 1.165) is 51.0 Å². The number of hydrogen-bond donors (Lipinski definition) is 1. The predicted molar refractivity (Wildman–Crippen MR) is 108 cm³/mol. The second kappa shape index (κ2) is 10.8. The zero-order valence-electron chi connectivity index (χ0n) is 16.8. The summed E-state index contributed by atoms with van der Waals surface area (Å²) in [6.07, 6.45) is 5.83. The number of hydrogen-bond acceptors (Lipinski definition) is 6. The van der Waals surface area contributed by atoms with E-state index in [1.54, 1.807) is 6.20 Å². The molecule has 0 atom stereocenters. The molecule has 0 unspecified atom stereocenters. The van der Waals surface area contributed by atoms with Gasteiger partial charge in [-0.3, -0.25) is 9.98 Å². The Bertz CT molecular complexity index is 727. The van der Waals surface area contributed by atoms with E-state index >= 15 is 0 Å². The van der Waals surface area contributed by atoms with Crippen molar-refractivity contribution in [1.29, 1.82) is 0 Å². The molecule has 152 valence electrons. The van der Waals surface area contributed by atoms with Crippen LogP contribution in [0.5, 0.6) is 0 Å². The summed E-state index contributed by atoms with van der Waals surface area (Å²) in [5.41, 5.74) is 0.686. The van der Waals surface area contributed by atoms with Gasteiger partial charge >= 0.3 is 0 Å². The summed E-state index contributed by atoms with van der Waals surface area (Å²) >= 11 is 0. The van der Waals surface area contributed by atoms with Crippen LogP contribution in [0.2, 0.25) is 0 Å². The molecule has 0 aliphatic carbocycles. The number of ether oxygens (including phenoxy) is 1. The number of nitrogens with zero attached hydrogens (tertiary/aromatic N) is 5. The molecule has 0 saturated carbocycles. The first-order chi connectivity index (χ1) is 13.8. The van der Waals surface area contributed by atoms with E-state index in [4.69, 9.17) is 14.3 Å². The van der Waals surface area contributed by atoms with Gasteiger partial charge in [0.05, 0.1) is 0 Å². The van der Waals surface area contributed by atoms with Crippen LogP contribution in [0.4, 0.5) is 0 Å². The molecule has 0 aromatic carbocycles. The summed E-state index contributed by atoms with van der Waals surface area (Å²) in [6, 6.07) is 5.61. The SMILES string of the molecule is CCNC(=NCCc1noc(-c2ccccn2)n1)N(C)CCC1CCOCC1. The fourth-order valence-electron chi connectivity index (χ4n) is 3.20. The molecule has 1 fully saturated rings. The molecule has 1 saturated heterocycles.